The number of carbonyl (C=O) groups is 3. The summed E-state index contributed by atoms with van der Waals surface area (Å²) in [5, 5.41) is 8.28. The van der Waals surface area contributed by atoms with E-state index < -0.39 is 17.7 Å². The van der Waals surface area contributed by atoms with Crippen LogP contribution in [-0.4, -0.2) is 29.8 Å². The van der Waals surface area contributed by atoms with Gasteiger partial charge in [0.2, 0.25) is 0 Å². The highest BCUT2D eigenvalue weighted by molar-refractivity contribution is 7.14. The number of imide groups is 1. The average Bonchev–Trinajstić information content (AvgIpc) is 3.47. The first-order valence-corrected chi connectivity index (χ1v) is 12.8. The average molecular weight is 565 g/mol. The Morgan fingerprint density at radius 1 is 0.974 bits per heavy atom. The summed E-state index contributed by atoms with van der Waals surface area (Å²) in [6, 6.07) is 20.3. The molecule has 0 spiro atoms. The molecule has 4 aromatic rings. The van der Waals surface area contributed by atoms with Crippen molar-refractivity contribution in [1.82, 2.24) is 4.98 Å². The van der Waals surface area contributed by atoms with Crippen molar-refractivity contribution in [3.8, 4) is 17.0 Å². The van der Waals surface area contributed by atoms with Crippen molar-refractivity contribution in [3.63, 3.8) is 0 Å². The van der Waals surface area contributed by atoms with Crippen LogP contribution in [0.1, 0.15) is 10.4 Å². The van der Waals surface area contributed by atoms with Crippen LogP contribution in [-0.2, 0) is 9.59 Å². The Kier molecular flexibility index (Phi) is 7.15. The summed E-state index contributed by atoms with van der Waals surface area (Å²) in [4.78, 5) is 44.3. The van der Waals surface area contributed by atoms with Gasteiger partial charge in [0, 0.05) is 27.2 Å². The summed E-state index contributed by atoms with van der Waals surface area (Å²) < 4.78 is 5.28. The van der Waals surface area contributed by atoms with Gasteiger partial charge in [-0.15, -0.1) is 11.3 Å². The Labute approximate surface area is 231 Å². The van der Waals surface area contributed by atoms with E-state index >= 15 is 0 Å². The molecule has 190 valence electrons. The monoisotopic (exact) mass is 564 g/mol. The van der Waals surface area contributed by atoms with E-state index in [2.05, 4.69) is 15.6 Å². The Morgan fingerprint density at radius 3 is 2.50 bits per heavy atom. The molecule has 0 radical (unpaired) electrons. The molecule has 0 saturated carbocycles. The predicted octanol–water partition coefficient (Wildman–Crippen LogP) is 6.16. The number of carbonyl (C=O) groups excluding carboxylic acids is 3. The number of aromatic nitrogens is 1. The molecule has 2 N–H and O–H groups in total. The predicted molar refractivity (Wildman–Crippen MR) is 149 cm³/mol. The first-order chi connectivity index (χ1) is 18.4. The first-order valence-electron chi connectivity index (χ1n) is 11.2. The van der Waals surface area contributed by atoms with Crippen LogP contribution in [0.15, 0.2) is 88.9 Å². The van der Waals surface area contributed by atoms with Gasteiger partial charge in [-0.2, -0.15) is 0 Å². The fourth-order valence-corrected chi connectivity index (χ4v) is 4.83. The molecule has 11 heteroatoms. The molecule has 0 atom stereocenters. The molecule has 38 heavy (non-hydrogen) atoms. The standard InChI is InChI=1S/C27H18Cl2N4O4S/c1-37-21-8-3-2-7-20(21)33-25(35)22(29)23(26(33)36)30-18-6-4-5-16(13-18)24(34)32-27-31-19(14-38-27)15-9-11-17(28)12-10-15/h2-14,30H,1H3,(H,31,32,34). The van der Waals surface area contributed by atoms with Gasteiger partial charge in [-0.05, 0) is 42.5 Å². The number of thiazole rings is 1. The van der Waals surface area contributed by atoms with E-state index in [1.54, 1.807) is 60.7 Å². The quantitative estimate of drug-likeness (QED) is 0.261. The van der Waals surface area contributed by atoms with Crippen LogP contribution in [0.4, 0.5) is 16.5 Å². The zero-order valence-corrected chi connectivity index (χ0v) is 22.0. The minimum atomic E-state index is -0.683. The topological polar surface area (TPSA) is 101 Å². The van der Waals surface area contributed by atoms with Crippen LogP contribution < -0.4 is 20.3 Å². The zero-order chi connectivity index (χ0) is 26.8. The third kappa shape index (κ3) is 4.99. The zero-order valence-electron chi connectivity index (χ0n) is 19.7. The third-order valence-electron chi connectivity index (χ3n) is 5.61. The van der Waals surface area contributed by atoms with Gasteiger partial charge in [-0.1, -0.05) is 53.5 Å². The molecule has 0 unspecified atom stereocenters. The van der Waals surface area contributed by atoms with Crippen LogP contribution in [0.3, 0.4) is 0 Å². The van der Waals surface area contributed by atoms with Gasteiger partial charge >= 0.3 is 0 Å². The maximum absolute atomic E-state index is 13.1. The largest absolute Gasteiger partial charge is 0.495 e. The van der Waals surface area contributed by atoms with Crippen molar-refractivity contribution in [2.24, 2.45) is 0 Å². The second-order valence-corrected chi connectivity index (χ2v) is 9.68. The van der Waals surface area contributed by atoms with Gasteiger partial charge in [0.15, 0.2) is 5.13 Å². The van der Waals surface area contributed by atoms with Gasteiger partial charge < -0.3 is 10.1 Å². The molecule has 1 aliphatic rings. The van der Waals surface area contributed by atoms with Gasteiger partial charge in [0.1, 0.15) is 16.5 Å². The van der Waals surface area contributed by atoms with Gasteiger partial charge in [0.25, 0.3) is 17.7 Å². The maximum Gasteiger partial charge on any atom is 0.283 e. The van der Waals surface area contributed by atoms with Crippen molar-refractivity contribution in [2.45, 2.75) is 0 Å². The highest BCUT2D eigenvalue weighted by Crippen LogP contribution is 2.35. The lowest BCUT2D eigenvalue weighted by Gasteiger charge is -2.18. The molecular formula is C27H18Cl2N4O4S. The summed E-state index contributed by atoms with van der Waals surface area (Å²) in [5.41, 5.74) is 2.47. The lowest BCUT2D eigenvalue weighted by atomic mass is 10.2. The second-order valence-electron chi connectivity index (χ2n) is 8.01. The van der Waals surface area contributed by atoms with Crippen LogP contribution >= 0.6 is 34.5 Å². The van der Waals surface area contributed by atoms with E-state index in [0.29, 0.717) is 32.8 Å². The van der Waals surface area contributed by atoms with Gasteiger partial charge in [-0.25, -0.2) is 9.88 Å². The van der Waals surface area contributed by atoms with E-state index in [1.165, 1.54) is 18.4 Å². The summed E-state index contributed by atoms with van der Waals surface area (Å²) >= 11 is 13.5. The highest BCUT2D eigenvalue weighted by Gasteiger charge is 2.40. The smallest absolute Gasteiger partial charge is 0.283 e. The Hall–Kier alpha value is -4.18. The minimum Gasteiger partial charge on any atom is -0.495 e. The molecule has 0 bridgehead atoms. The van der Waals surface area contributed by atoms with Crippen LogP contribution in [0, 0.1) is 0 Å². The number of nitrogens with zero attached hydrogens (tertiary/aromatic N) is 2. The fraction of sp³-hybridized carbons (Fsp3) is 0.0370. The number of para-hydroxylation sites is 2. The number of hydrogen-bond acceptors (Lipinski definition) is 7. The Balaban J connectivity index is 1.32. The molecule has 2 heterocycles. The number of nitrogens with one attached hydrogen (secondary N) is 2. The van der Waals surface area contributed by atoms with Crippen molar-refractivity contribution in [1.29, 1.82) is 0 Å². The van der Waals surface area contributed by atoms with Crippen LogP contribution in [0.5, 0.6) is 5.75 Å². The molecule has 3 aromatic carbocycles. The summed E-state index contributed by atoms with van der Waals surface area (Å²) in [6.07, 6.45) is 0. The number of benzene rings is 3. The summed E-state index contributed by atoms with van der Waals surface area (Å²) in [7, 11) is 1.44. The van der Waals surface area contributed by atoms with Crippen LogP contribution in [0.25, 0.3) is 11.3 Å². The van der Waals surface area contributed by atoms with Gasteiger partial charge in [0.05, 0.1) is 18.5 Å². The number of ether oxygens (including phenoxy) is 1. The number of rotatable bonds is 7. The molecule has 0 fully saturated rings. The van der Waals surface area contributed by atoms with Crippen LogP contribution in [0.2, 0.25) is 5.02 Å². The molecule has 5 rings (SSSR count). The first kappa shape index (κ1) is 25.5. The van der Waals surface area contributed by atoms with Gasteiger partial charge in [-0.3, -0.25) is 19.7 Å². The van der Waals surface area contributed by atoms with E-state index in [0.717, 1.165) is 10.5 Å². The number of amides is 3. The van der Waals surface area contributed by atoms with E-state index in [1.807, 2.05) is 17.5 Å². The normalized spacial score (nSPS) is 13.2. The van der Waals surface area contributed by atoms with E-state index in [9.17, 15) is 14.4 Å². The number of hydrogen-bond donors (Lipinski definition) is 2. The Bertz CT molecular complexity index is 1600. The minimum absolute atomic E-state index is 0.104. The van der Waals surface area contributed by atoms with Crippen molar-refractivity contribution in [3.05, 3.63) is 99.5 Å². The lowest BCUT2D eigenvalue weighted by Crippen LogP contribution is -2.32. The molecule has 0 aliphatic carbocycles. The fourth-order valence-electron chi connectivity index (χ4n) is 3.78. The molecule has 3 amide bonds. The Morgan fingerprint density at radius 2 is 1.74 bits per heavy atom. The van der Waals surface area contributed by atoms with Crippen molar-refractivity contribution >= 4 is 68.8 Å². The number of halogens is 2. The molecule has 8 nitrogen and oxygen atoms in total. The molecule has 0 saturated heterocycles. The summed E-state index contributed by atoms with van der Waals surface area (Å²) in [5.74, 6) is -1.37. The van der Waals surface area contributed by atoms with E-state index in [4.69, 9.17) is 27.9 Å². The highest BCUT2D eigenvalue weighted by atomic mass is 35.5. The molecule has 1 aromatic heterocycles. The molecular weight excluding hydrogens is 547 g/mol. The third-order valence-corrected chi connectivity index (χ3v) is 6.97. The second kappa shape index (κ2) is 10.7. The van der Waals surface area contributed by atoms with Crippen molar-refractivity contribution in [2.75, 3.05) is 22.6 Å². The SMILES string of the molecule is COc1ccccc1N1C(=O)C(Cl)=C(Nc2cccc(C(=O)Nc3nc(-c4ccc(Cl)cc4)cs3)c2)C1=O. The number of methoxy groups -OCH3 is 1. The molecule has 1 aliphatic heterocycles. The number of anilines is 3. The van der Waals surface area contributed by atoms with Crippen molar-refractivity contribution < 1.29 is 19.1 Å². The lowest BCUT2D eigenvalue weighted by molar-refractivity contribution is -0.120. The van der Waals surface area contributed by atoms with E-state index in [-0.39, 0.29) is 16.4 Å². The maximum atomic E-state index is 13.1. The summed E-state index contributed by atoms with van der Waals surface area (Å²) in [6.45, 7) is 0.